The third-order valence-corrected chi connectivity index (χ3v) is 5.51. The summed E-state index contributed by atoms with van der Waals surface area (Å²) >= 11 is 6.99. The molecule has 10 heteroatoms. The summed E-state index contributed by atoms with van der Waals surface area (Å²) in [7, 11) is 0. The maximum Gasteiger partial charge on any atom is 0.573 e. The van der Waals surface area contributed by atoms with Crippen molar-refractivity contribution in [2.75, 3.05) is 18.0 Å². The van der Waals surface area contributed by atoms with Gasteiger partial charge in [-0.15, -0.1) is 13.2 Å². The number of halogens is 4. The molecule has 0 radical (unpaired) electrons. The van der Waals surface area contributed by atoms with Crippen molar-refractivity contribution in [1.82, 2.24) is 4.37 Å². The van der Waals surface area contributed by atoms with E-state index >= 15 is 0 Å². The second-order valence-corrected chi connectivity index (χ2v) is 6.97. The number of hydrogen-bond acceptors (Lipinski definition) is 6. The van der Waals surface area contributed by atoms with Gasteiger partial charge in [0.1, 0.15) is 22.4 Å². The average Bonchev–Trinajstić information content (AvgIpc) is 2.95. The van der Waals surface area contributed by atoms with Crippen LogP contribution in [0.15, 0.2) is 24.3 Å². The molecule has 0 bridgehead atoms. The summed E-state index contributed by atoms with van der Waals surface area (Å²) in [6.45, 7) is 0.822. The highest BCUT2D eigenvalue weighted by atomic mass is 35.5. The van der Waals surface area contributed by atoms with Crippen molar-refractivity contribution in [3.63, 3.8) is 0 Å². The molecule has 1 N–H and O–H groups in total. The zero-order chi connectivity index (χ0) is 18.9. The molecule has 0 atom stereocenters. The molecular weight excluding hydrogens is 391 g/mol. The monoisotopic (exact) mass is 403 g/mol. The molecular formula is C16H13ClF3N3O2S. The van der Waals surface area contributed by atoms with Gasteiger partial charge in [0, 0.05) is 13.1 Å². The fourth-order valence-electron chi connectivity index (χ4n) is 2.92. The Morgan fingerprint density at radius 2 is 2.04 bits per heavy atom. The topological polar surface area (TPSA) is 69.4 Å². The molecule has 2 heterocycles. The van der Waals surface area contributed by atoms with Gasteiger partial charge in [-0.1, -0.05) is 23.7 Å². The highest BCUT2D eigenvalue weighted by molar-refractivity contribution is 7.10. The van der Waals surface area contributed by atoms with Crippen molar-refractivity contribution < 1.29 is 23.0 Å². The lowest BCUT2D eigenvalue weighted by atomic mass is 9.84. The normalized spacial score (nSPS) is 17.0. The van der Waals surface area contributed by atoms with E-state index in [9.17, 15) is 23.5 Å². The molecule has 1 saturated heterocycles. The molecule has 1 aromatic heterocycles. The van der Waals surface area contributed by atoms with E-state index in [1.165, 1.54) is 18.2 Å². The van der Waals surface area contributed by atoms with E-state index in [1.807, 2.05) is 11.0 Å². The van der Waals surface area contributed by atoms with Crippen LogP contribution in [0.1, 0.15) is 24.0 Å². The first-order valence-electron chi connectivity index (χ1n) is 7.61. The van der Waals surface area contributed by atoms with Gasteiger partial charge in [-0.3, -0.25) is 0 Å². The molecule has 0 spiro atoms. The number of nitrogens with zero attached hydrogens (tertiary/aromatic N) is 3. The molecule has 3 rings (SSSR count). The molecule has 1 aliphatic heterocycles. The van der Waals surface area contributed by atoms with Crippen LogP contribution in [-0.4, -0.2) is 28.9 Å². The van der Waals surface area contributed by atoms with Crippen molar-refractivity contribution in [3.05, 3.63) is 40.5 Å². The van der Waals surface area contributed by atoms with E-state index in [0.29, 0.717) is 29.2 Å². The number of hydrogen-bond donors (Lipinski definition) is 1. The zero-order valence-electron chi connectivity index (χ0n) is 13.3. The number of ether oxygens (including phenoxy) is 1. The van der Waals surface area contributed by atoms with Crippen LogP contribution in [0.4, 0.5) is 18.2 Å². The van der Waals surface area contributed by atoms with Crippen LogP contribution in [-0.2, 0) is 5.60 Å². The van der Waals surface area contributed by atoms with Crippen LogP contribution in [0, 0.1) is 11.3 Å². The Balaban J connectivity index is 1.76. The minimum atomic E-state index is -4.79. The van der Waals surface area contributed by atoms with E-state index in [2.05, 4.69) is 9.11 Å². The molecule has 0 saturated carbocycles. The molecule has 1 aromatic carbocycles. The van der Waals surface area contributed by atoms with Gasteiger partial charge in [0.05, 0.1) is 5.60 Å². The highest BCUT2D eigenvalue weighted by Crippen LogP contribution is 2.39. The molecule has 2 aromatic rings. The van der Waals surface area contributed by atoms with Crippen LogP contribution in [0.3, 0.4) is 0 Å². The van der Waals surface area contributed by atoms with Crippen molar-refractivity contribution in [3.8, 4) is 11.8 Å². The summed E-state index contributed by atoms with van der Waals surface area (Å²) in [6, 6.07) is 7.39. The standard InChI is InChI=1S/C16H13ClF3N3O2S/c17-13-12(9-21)14(26-22-13)23-6-4-15(24,5-7-23)10-2-1-3-11(8-10)25-16(18,19)20/h1-3,8,24H,4-7H2. The lowest BCUT2D eigenvalue weighted by Crippen LogP contribution is -2.42. The molecule has 26 heavy (non-hydrogen) atoms. The number of aromatic nitrogens is 1. The summed E-state index contributed by atoms with van der Waals surface area (Å²) in [4.78, 5) is 1.90. The van der Waals surface area contributed by atoms with Crippen LogP contribution < -0.4 is 9.64 Å². The molecule has 5 nitrogen and oxygen atoms in total. The average molecular weight is 404 g/mol. The third-order valence-electron chi connectivity index (χ3n) is 4.23. The molecule has 1 fully saturated rings. The quantitative estimate of drug-likeness (QED) is 0.837. The highest BCUT2D eigenvalue weighted by Gasteiger charge is 2.37. The zero-order valence-corrected chi connectivity index (χ0v) is 14.8. The Morgan fingerprint density at radius 1 is 1.35 bits per heavy atom. The van der Waals surface area contributed by atoms with Gasteiger partial charge in [-0.2, -0.15) is 9.64 Å². The SMILES string of the molecule is N#Cc1c(Cl)nsc1N1CCC(O)(c2cccc(OC(F)(F)F)c2)CC1. The molecule has 138 valence electrons. The van der Waals surface area contributed by atoms with Crippen molar-refractivity contribution in [2.45, 2.75) is 24.8 Å². The summed E-state index contributed by atoms with van der Waals surface area (Å²) in [6.07, 6.45) is -4.23. The lowest BCUT2D eigenvalue weighted by molar-refractivity contribution is -0.274. The summed E-state index contributed by atoms with van der Waals surface area (Å²) < 4.78 is 45.1. The number of anilines is 1. The minimum Gasteiger partial charge on any atom is -0.406 e. The predicted octanol–water partition coefficient (Wildman–Crippen LogP) is 4.05. The van der Waals surface area contributed by atoms with Gasteiger partial charge in [0.25, 0.3) is 0 Å². The lowest BCUT2D eigenvalue weighted by Gasteiger charge is -2.39. The first kappa shape index (κ1) is 18.8. The van der Waals surface area contributed by atoms with E-state index in [0.717, 1.165) is 11.5 Å². The van der Waals surface area contributed by atoms with Crippen LogP contribution in [0.25, 0.3) is 0 Å². The molecule has 0 unspecified atom stereocenters. The number of aliphatic hydroxyl groups is 1. The van der Waals surface area contributed by atoms with Gasteiger partial charge in [0.2, 0.25) is 0 Å². The second-order valence-electron chi connectivity index (χ2n) is 5.86. The minimum absolute atomic E-state index is 0.144. The summed E-state index contributed by atoms with van der Waals surface area (Å²) in [5, 5.41) is 20.8. The predicted molar refractivity (Wildman–Crippen MR) is 90.3 cm³/mol. The Labute approximate surface area is 156 Å². The first-order valence-corrected chi connectivity index (χ1v) is 8.76. The Kier molecular flexibility index (Phi) is 5.01. The van der Waals surface area contributed by atoms with Gasteiger partial charge < -0.3 is 14.7 Å². The van der Waals surface area contributed by atoms with Gasteiger partial charge in [-0.25, -0.2) is 0 Å². The number of rotatable bonds is 3. The largest absolute Gasteiger partial charge is 0.573 e. The fraction of sp³-hybridized carbons (Fsp3) is 0.375. The number of alkyl halides is 3. The smallest absolute Gasteiger partial charge is 0.406 e. The maximum absolute atomic E-state index is 12.4. The van der Waals surface area contributed by atoms with Crippen LogP contribution >= 0.6 is 23.1 Å². The van der Waals surface area contributed by atoms with Crippen molar-refractivity contribution in [1.29, 1.82) is 5.26 Å². The van der Waals surface area contributed by atoms with E-state index < -0.39 is 12.0 Å². The molecule has 0 aliphatic carbocycles. The van der Waals surface area contributed by atoms with Crippen molar-refractivity contribution in [2.24, 2.45) is 0 Å². The Hall–Kier alpha value is -2.02. The van der Waals surface area contributed by atoms with E-state index in [4.69, 9.17) is 11.6 Å². The third kappa shape index (κ3) is 3.87. The Bertz CT molecular complexity index is 842. The van der Waals surface area contributed by atoms with Crippen LogP contribution in [0.5, 0.6) is 5.75 Å². The van der Waals surface area contributed by atoms with Crippen molar-refractivity contribution >= 4 is 28.1 Å². The fourth-order valence-corrected chi connectivity index (χ4v) is 4.00. The van der Waals surface area contributed by atoms with Crippen LogP contribution in [0.2, 0.25) is 5.15 Å². The van der Waals surface area contributed by atoms with E-state index in [1.54, 1.807) is 6.07 Å². The van der Waals surface area contributed by atoms with E-state index in [-0.39, 0.29) is 23.7 Å². The van der Waals surface area contributed by atoms with Gasteiger partial charge >= 0.3 is 6.36 Å². The summed E-state index contributed by atoms with van der Waals surface area (Å²) in [5.74, 6) is -0.369. The Morgan fingerprint density at radius 3 is 2.65 bits per heavy atom. The number of nitriles is 1. The number of piperidine rings is 1. The first-order chi connectivity index (χ1) is 12.2. The van der Waals surface area contributed by atoms with Gasteiger partial charge in [-0.05, 0) is 42.1 Å². The maximum atomic E-state index is 12.4. The van der Waals surface area contributed by atoms with Gasteiger partial charge in [0.15, 0.2) is 5.15 Å². The number of benzene rings is 1. The second kappa shape index (κ2) is 6.95. The molecule has 0 amide bonds. The summed E-state index contributed by atoms with van der Waals surface area (Å²) in [5.41, 5.74) is -0.618. The molecule has 1 aliphatic rings.